The predicted octanol–water partition coefficient (Wildman–Crippen LogP) is -0.713. The standard InChI is InChI=1S/C10H12N4O2/c15-10(16)8-9-6(4-12-13-8)3-7-5-11-1-2-14(7)9/h1-3,5-6,8-9,12-13H,4H2,(H,15,16). The number of carboxylic acids is 1. The molecule has 0 saturated carbocycles. The molecule has 3 aliphatic rings. The van der Waals surface area contributed by atoms with Crippen molar-refractivity contribution in [1.29, 1.82) is 0 Å². The van der Waals surface area contributed by atoms with Crippen LogP contribution in [-0.2, 0) is 4.79 Å². The highest BCUT2D eigenvalue weighted by Gasteiger charge is 2.44. The van der Waals surface area contributed by atoms with Gasteiger partial charge in [-0.15, -0.1) is 0 Å². The Bertz CT molecular complexity index is 415. The van der Waals surface area contributed by atoms with Crippen molar-refractivity contribution >= 4 is 12.2 Å². The predicted molar refractivity (Wildman–Crippen MR) is 57.4 cm³/mol. The van der Waals surface area contributed by atoms with Crippen molar-refractivity contribution in [3.05, 3.63) is 24.2 Å². The minimum absolute atomic E-state index is 0.0725. The lowest BCUT2D eigenvalue weighted by Gasteiger charge is -2.37. The maximum absolute atomic E-state index is 11.2. The summed E-state index contributed by atoms with van der Waals surface area (Å²) < 4.78 is 0. The highest BCUT2D eigenvalue weighted by molar-refractivity contribution is 5.82. The van der Waals surface area contributed by atoms with Crippen LogP contribution >= 0.6 is 0 Å². The molecule has 0 amide bonds. The van der Waals surface area contributed by atoms with E-state index in [0.29, 0.717) is 0 Å². The molecule has 6 heteroatoms. The van der Waals surface area contributed by atoms with Crippen LogP contribution in [0.1, 0.15) is 0 Å². The van der Waals surface area contributed by atoms with E-state index in [1.54, 1.807) is 12.4 Å². The maximum atomic E-state index is 11.2. The summed E-state index contributed by atoms with van der Waals surface area (Å²) in [7, 11) is 0. The summed E-state index contributed by atoms with van der Waals surface area (Å²) in [5.74, 6) is -0.640. The Hall–Kier alpha value is -1.66. The van der Waals surface area contributed by atoms with Crippen molar-refractivity contribution in [2.45, 2.75) is 12.1 Å². The first-order valence-electron chi connectivity index (χ1n) is 5.18. The fraction of sp³-hybridized carbons (Fsp3) is 0.400. The molecule has 6 nitrogen and oxygen atoms in total. The summed E-state index contributed by atoms with van der Waals surface area (Å²) in [4.78, 5) is 17.2. The summed E-state index contributed by atoms with van der Waals surface area (Å²) in [6, 6.07) is -0.680. The van der Waals surface area contributed by atoms with Gasteiger partial charge in [-0.05, 0) is 0 Å². The Morgan fingerprint density at radius 1 is 1.62 bits per heavy atom. The number of hydrogen-bond donors (Lipinski definition) is 3. The summed E-state index contributed by atoms with van der Waals surface area (Å²) in [6.07, 6.45) is 7.35. The molecule has 1 saturated heterocycles. The molecule has 0 bridgehead atoms. The molecular weight excluding hydrogens is 208 g/mol. The van der Waals surface area contributed by atoms with E-state index in [4.69, 9.17) is 5.11 Å². The van der Waals surface area contributed by atoms with Gasteiger partial charge in [-0.25, -0.2) is 5.43 Å². The lowest BCUT2D eigenvalue weighted by Crippen LogP contribution is -2.63. The number of aliphatic carboxylic acids is 1. The van der Waals surface area contributed by atoms with Crippen LogP contribution in [0.15, 0.2) is 29.2 Å². The van der Waals surface area contributed by atoms with Crippen LogP contribution in [0.4, 0.5) is 0 Å². The molecule has 3 N–H and O–H groups in total. The number of nitrogens with zero attached hydrogens (tertiary/aromatic N) is 2. The number of hydrazine groups is 1. The van der Waals surface area contributed by atoms with Crippen LogP contribution in [0, 0.1) is 5.92 Å². The average Bonchev–Trinajstić information content (AvgIpc) is 2.66. The zero-order chi connectivity index (χ0) is 11.1. The molecule has 0 spiro atoms. The van der Waals surface area contributed by atoms with Crippen molar-refractivity contribution in [1.82, 2.24) is 15.8 Å². The largest absolute Gasteiger partial charge is 0.480 e. The van der Waals surface area contributed by atoms with Gasteiger partial charge in [0.05, 0.1) is 18.0 Å². The van der Waals surface area contributed by atoms with Gasteiger partial charge in [0.2, 0.25) is 0 Å². The van der Waals surface area contributed by atoms with E-state index in [0.717, 1.165) is 12.2 Å². The second-order valence-corrected chi connectivity index (χ2v) is 4.07. The van der Waals surface area contributed by atoms with Gasteiger partial charge >= 0.3 is 5.97 Å². The first-order valence-corrected chi connectivity index (χ1v) is 5.18. The Morgan fingerprint density at radius 3 is 3.31 bits per heavy atom. The number of fused-ring (bicyclic) bond motifs is 3. The number of nitrogens with one attached hydrogen (secondary N) is 2. The van der Waals surface area contributed by atoms with Crippen molar-refractivity contribution in [2.75, 3.05) is 6.54 Å². The highest BCUT2D eigenvalue weighted by Crippen LogP contribution is 2.31. The van der Waals surface area contributed by atoms with Gasteiger partial charge in [-0.3, -0.25) is 15.2 Å². The lowest BCUT2D eigenvalue weighted by molar-refractivity contribution is -0.142. The summed E-state index contributed by atoms with van der Waals surface area (Å²) >= 11 is 0. The number of carbonyl (C=O) groups is 1. The Morgan fingerprint density at radius 2 is 2.50 bits per heavy atom. The van der Waals surface area contributed by atoms with Crippen LogP contribution in [0.3, 0.4) is 0 Å². The number of hydrogen-bond acceptors (Lipinski definition) is 5. The minimum atomic E-state index is -0.840. The third kappa shape index (κ3) is 1.27. The Labute approximate surface area is 92.3 Å². The molecule has 3 atom stereocenters. The van der Waals surface area contributed by atoms with E-state index < -0.39 is 12.0 Å². The zero-order valence-corrected chi connectivity index (χ0v) is 8.50. The molecule has 0 aromatic carbocycles. The normalized spacial score (nSPS) is 35.6. The van der Waals surface area contributed by atoms with Crippen LogP contribution in [0.25, 0.3) is 0 Å². The first kappa shape index (κ1) is 9.56. The Balaban J connectivity index is 1.94. The maximum Gasteiger partial charge on any atom is 0.324 e. The third-order valence-corrected chi connectivity index (χ3v) is 3.17. The van der Waals surface area contributed by atoms with Crippen LogP contribution in [0.2, 0.25) is 0 Å². The second kappa shape index (κ2) is 3.43. The molecular formula is C10H12N4O2. The molecule has 1 fully saturated rings. The van der Waals surface area contributed by atoms with E-state index in [-0.39, 0.29) is 12.0 Å². The van der Waals surface area contributed by atoms with Crippen molar-refractivity contribution in [3.8, 4) is 0 Å². The molecule has 3 aliphatic heterocycles. The van der Waals surface area contributed by atoms with Gasteiger partial charge in [0.25, 0.3) is 0 Å². The van der Waals surface area contributed by atoms with E-state index in [9.17, 15) is 4.79 Å². The van der Waals surface area contributed by atoms with Crippen molar-refractivity contribution in [2.24, 2.45) is 10.9 Å². The van der Waals surface area contributed by atoms with E-state index in [1.165, 1.54) is 0 Å². The quantitative estimate of drug-likeness (QED) is 0.544. The van der Waals surface area contributed by atoms with E-state index in [2.05, 4.69) is 21.9 Å². The number of carboxylic acid groups (broad SMARTS) is 1. The average molecular weight is 220 g/mol. The molecule has 84 valence electrons. The zero-order valence-electron chi connectivity index (χ0n) is 8.50. The second-order valence-electron chi connectivity index (χ2n) is 4.07. The third-order valence-electron chi connectivity index (χ3n) is 3.17. The molecule has 3 unspecified atom stereocenters. The molecule has 0 radical (unpaired) electrons. The molecule has 3 heterocycles. The molecule has 16 heavy (non-hydrogen) atoms. The van der Waals surface area contributed by atoms with Crippen LogP contribution in [-0.4, -0.2) is 40.8 Å². The van der Waals surface area contributed by atoms with Gasteiger partial charge in [0, 0.05) is 24.9 Å². The SMILES string of the molecule is O=C(O)C1NNCC2C=C3C=NC=CN3C21. The fourth-order valence-corrected chi connectivity index (χ4v) is 2.47. The van der Waals surface area contributed by atoms with Gasteiger partial charge in [-0.1, -0.05) is 6.08 Å². The number of aliphatic imine (C=N–C) groups is 1. The lowest BCUT2D eigenvalue weighted by atomic mass is 9.93. The fourth-order valence-electron chi connectivity index (χ4n) is 2.47. The van der Waals surface area contributed by atoms with E-state index in [1.807, 2.05) is 11.1 Å². The monoisotopic (exact) mass is 220 g/mol. The smallest absolute Gasteiger partial charge is 0.324 e. The van der Waals surface area contributed by atoms with Crippen LogP contribution in [0.5, 0.6) is 0 Å². The van der Waals surface area contributed by atoms with Gasteiger partial charge in [0.1, 0.15) is 6.04 Å². The highest BCUT2D eigenvalue weighted by atomic mass is 16.4. The van der Waals surface area contributed by atoms with Crippen LogP contribution < -0.4 is 10.9 Å². The minimum Gasteiger partial charge on any atom is -0.480 e. The van der Waals surface area contributed by atoms with Crippen molar-refractivity contribution < 1.29 is 9.90 Å². The summed E-state index contributed by atoms with van der Waals surface area (Å²) in [5.41, 5.74) is 6.73. The van der Waals surface area contributed by atoms with Gasteiger partial charge in [0.15, 0.2) is 0 Å². The molecule has 0 aromatic heterocycles. The molecule has 0 aromatic rings. The van der Waals surface area contributed by atoms with E-state index >= 15 is 0 Å². The molecule has 3 rings (SSSR count). The van der Waals surface area contributed by atoms with Crippen molar-refractivity contribution in [3.63, 3.8) is 0 Å². The molecule has 0 aliphatic carbocycles. The topological polar surface area (TPSA) is 77.0 Å². The summed E-state index contributed by atoms with van der Waals surface area (Å²) in [6.45, 7) is 0.732. The van der Waals surface area contributed by atoms with Gasteiger partial charge < -0.3 is 10.0 Å². The number of allylic oxidation sites excluding steroid dienone is 1. The first-order chi connectivity index (χ1) is 7.77. The van der Waals surface area contributed by atoms with Gasteiger partial charge in [-0.2, -0.15) is 0 Å². The number of rotatable bonds is 1. The summed E-state index contributed by atoms with van der Waals surface area (Å²) in [5, 5.41) is 9.17. The Kier molecular flexibility index (Phi) is 2.05.